The second-order valence-corrected chi connectivity index (χ2v) is 2.04. The minimum atomic E-state index is 0. The van der Waals surface area contributed by atoms with Crippen molar-refractivity contribution < 1.29 is 5.48 Å². The first-order valence-corrected chi connectivity index (χ1v) is 3.22. The SMILES string of the molecule is C=Cc1ccccc1C=C.N.O. The van der Waals surface area contributed by atoms with Crippen LogP contribution < -0.4 is 6.15 Å². The molecule has 0 bridgehead atoms. The highest BCUT2D eigenvalue weighted by molar-refractivity contribution is 5.63. The minimum Gasteiger partial charge on any atom is -0.412 e. The van der Waals surface area contributed by atoms with Gasteiger partial charge in [0.1, 0.15) is 0 Å². The number of benzene rings is 1. The fourth-order valence-corrected chi connectivity index (χ4v) is 0.883. The number of hydrogen-bond donors (Lipinski definition) is 1. The van der Waals surface area contributed by atoms with Crippen LogP contribution in [-0.2, 0) is 0 Å². The van der Waals surface area contributed by atoms with Gasteiger partial charge in [0.15, 0.2) is 0 Å². The molecule has 0 saturated carbocycles. The molecule has 5 N–H and O–H groups in total. The third-order valence-electron chi connectivity index (χ3n) is 1.44. The summed E-state index contributed by atoms with van der Waals surface area (Å²) in [7, 11) is 0. The molecule has 1 aromatic carbocycles. The van der Waals surface area contributed by atoms with E-state index in [2.05, 4.69) is 13.2 Å². The van der Waals surface area contributed by atoms with Crippen molar-refractivity contribution in [2.24, 2.45) is 0 Å². The third kappa shape index (κ3) is 2.70. The van der Waals surface area contributed by atoms with E-state index in [1.807, 2.05) is 36.4 Å². The maximum Gasteiger partial charge on any atom is -0.0190 e. The molecule has 2 heteroatoms. The summed E-state index contributed by atoms with van der Waals surface area (Å²) in [6.07, 6.45) is 3.66. The molecular weight excluding hydrogens is 150 g/mol. The molecule has 0 aliphatic carbocycles. The van der Waals surface area contributed by atoms with E-state index in [1.54, 1.807) is 0 Å². The zero-order chi connectivity index (χ0) is 7.40. The van der Waals surface area contributed by atoms with Crippen LogP contribution in [0.3, 0.4) is 0 Å². The summed E-state index contributed by atoms with van der Waals surface area (Å²) >= 11 is 0. The van der Waals surface area contributed by atoms with Gasteiger partial charge in [-0.15, -0.1) is 0 Å². The Hall–Kier alpha value is -1.38. The smallest absolute Gasteiger partial charge is 0.0190 e. The predicted octanol–water partition coefficient (Wildman–Crippen LogP) is 2.31. The Morgan fingerprint density at radius 3 is 1.50 bits per heavy atom. The molecule has 0 fully saturated rings. The summed E-state index contributed by atoms with van der Waals surface area (Å²) in [6.45, 7) is 7.38. The standard InChI is InChI=1S/C10H10.H3N.H2O/c1-3-9-7-5-6-8-10(9)4-2;;/h3-8H,1-2H2;1H3;1H2. The van der Waals surface area contributed by atoms with Crippen molar-refractivity contribution in [3.8, 4) is 0 Å². The van der Waals surface area contributed by atoms with Crippen molar-refractivity contribution in [2.75, 3.05) is 0 Å². The normalized spacial score (nSPS) is 7.33. The summed E-state index contributed by atoms with van der Waals surface area (Å²) in [5.74, 6) is 0. The lowest BCUT2D eigenvalue weighted by atomic mass is 10.1. The molecule has 0 heterocycles. The van der Waals surface area contributed by atoms with Crippen LogP contribution in [-0.4, -0.2) is 5.48 Å². The Balaban J connectivity index is 0. The first kappa shape index (κ1) is 13.2. The van der Waals surface area contributed by atoms with Crippen molar-refractivity contribution >= 4 is 12.2 Å². The Kier molecular flexibility index (Phi) is 6.99. The molecule has 0 aliphatic heterocycles. The predicted molar refractivity (Wildman–Crippen MR) is 55.3 cm³/mol. The van der Waals surface area contributed by atoms with Crippen LogP contribution in [0.4, 0.5) is 0 Å². The molecule has 1 rings (SSSR count). The molecular formula is C10H15NO. The van der Waals surface area contributed by atoms with Crippen molar-refractivity contribution in [1.29, 1.82) is 0 Å². The monoisotopic (exact) mass is 165 g/mol. The molecule has 0 amide bonds. The van der Waals surface area contributed by atoms with Gasteiger partial charge < -0.3 is 11.6 Å². The van der Waals surface area contributed by atoms with Gasteiger partial charge in [0, 0.05) is 0 Å². The molecule has 0 atom stereocenters. The Morgan fingerprint density at radius 2 is 1.25 bits per heavy atom. The molecule has 1 aromatic rings. The van der Waals surface area contributed by atoms with Gasteiger partial charge >= 0.3 is 0 Å². The topological polar surface area (TPSA) is 66.5 Å². The zero-order valence-electron chi connectivity index (χ0n) is 7.09. The molecule has 0 saturated heterocycles. The van der Waals surface area contributed by atoms with E-state index >= 15 is 0 Å². The Labute approximate surface area is 73.1 Å². The first-order valence-electron chi connectivity index (χ1n) is 3.22. The summed E-state index contributed by atoms with van der Waals surface area (Å²) in [5, 5.41) is 0. The zero-order valence-corrected chi connectivity index (χ0v) is 7.09. The fourth-order valence-electron chi connectivity index (χ4n) is 0.883. The van der Waals surface area contributed by atoms with Gasteiger partial charge in [-0.25, -0.2) is 0 Å². The summed E-state index contributed by atoms with van der Waals surface area (Å²) in [5.41, 5.74) is 2.27. The first-order chi connectivity index (χ1) is 4.88. The van der Waals surface area contributed by atoms with Crippen molar-refractivity contribution in [3.05, 3.63) is 48.6 Å². The maximum absolute atomic E-state index is 3.69. The molecule has 66 valence electrons. The van der Waals surface area contributed by atoms with Gasteiger partial charge in [-0.05, 0) is 11.1 Å². The van der Waals surface area contributed by atoms with E-state index in [0.717, 1.165) is 11.1 Å². The average molecular weight is 165 g/mol. The lowest BCUT2D eigenvalue weighted by Crippen LogP contribution is -1.76. The summed E-state index contributed by atoms with van der Waals surface area (Å²) in [6, 6.07) is 8.02. The van der Waals surface area contributed by atoms with Gasteiger partial charge in [-0.3, -0.25) is 0 Å². The van der Waals surface area contributed by atoms with E-state index in [4.69, 9.17) is 0 Å². The van der Waals surface area contributed by atoms with Crippen LogP contribution in [0.2, 0.25) is 0 Å². The highest BCUT2D eigenvalue weighted by Gasteiger charge is 1.89. The van der Waals surface area contributed by atoms with Crippen LogP contribution in [0.5, 0.6) is 0 Å². The minimum absolute atomic E-state index is 0. The lowest BCUT2D eigenvalue weighted by molar-refractivity contribution is 0.824. The highest BCUT2D eigenvalue weighted by atomic mass is 16.0. The van der Waals surface area contributed by atoms with Crippen molar-refractivity contribution in [3.63, 3.8) is 0 Å². The van der Waals surface area contributed by atoms with Crippen molar-refractivity contribution in [1.82, 2.24) is 6.15 Å². The number of hydrogen-bond acceptors (Lipinski definition) is 1. The fraction of sp³-hybridized carbons (Fsp3) is 0. The van der Waals surface area contributed by atoms with Gasteiger partial charge in [-0.1, -0.05) is 49.6 Å². The highest BCUT2D eigenvalue weighted by Crippen LogP contribution is 2.10. The van der Waals surface area contributed by atoms with Crippen molar-refractivity contribution in [2.45, 2.75) is 0 Å². The average Bonchev–Trinajstić information content (AvgIpc) is 2.04. The molecule has 2 nitrogen and oxygen atoms in total. The lowest BCUT2D eigenvalue weighted by Gasteiger charge is -1.96. The van der Waals surface area contributed by atoms with Crippen LogP contribution >= 0.6 is 0 Å². The summed E-state index contributed by atoms with van der Waals surface area (Å²) < 4.78 is 0. The van der Waals surface area contributed by atoms with Gasteiger partial charge in [0.2, 0.25) is 0 Å². The van der Waals surface area contributed by atoms with E-state index in [-0.39, 0.29) is 11.6 Å². The molecule has 0 unspecified atom stereocenters. The third-order valence-corrected chi connectivity index (χ3v) is 1.44. The van der Waals surface area contributed by atoms with Crippen LogP contribution in [0.15, 0.2) is 37.4 Å². The second kappa shape index (κ2) is 6.34. The number of rotatable bonds is 2. The largest absolute Gasteiger partial charge is 0.412 e. The van der Waals surface area contributed by atoms with Crippen LogP contribution in [0, 0.1) is 0 Å². The van der Waals surface area contributed by atoms with Crippen LogP contribution in [0.25, 0.3) is 12.2 Å². The molecule has 0 radical (unpaired) electrons. The van der Waals surface area contributed by atoms with E-state index in [1.165, 1.54) is 0 Å². The van der Waals surface area contributed by atoms with E-state index < -0.39 is 0 Å². The Morgan fingerprint density at radius 1 is 0.917 bits per heavy atom. The van der Waals surface area contributed by atoms with Gasteiger partial charge in [0.25, 0.3) is 0 Å². The van der Waals surface area contributed by atoms with Gasteiger partial charge in [-0.2, -0.15) is 0 Å². The van der Waals surface area contributed by atoms with Gasteiger partial charge in [0.05, 0.1) is 0 Å². The molecule has 0 spiro atoms. The van der Waals surface area contributed by atoms with E-state index in [0.29, 0.717) is 0 Å². The second-order valence-electron chi connectivity index (χ2n) is 2.04. The van der Waals surface area contributed by atoms with Crippen LogP contribution in [0.1, 0.15) is 11.1 Å². The quantitative estimate of drug-likeness (QED) is 0.717. The Bertz CT molecular complexity index is 229. The summed E-state index contributed by atoms with van der Waals surface area (Å²) in [4.78, 5) is 0. The molecule has 0 aliphatic rings. The maximum atomic E-state index is 3.69. The molecule has 0 aromatic heterocycles. The van der Waals surface area contributed by atoms with E-state index in [9.17, 15) is 0 Å². The molecule has 12 heavy (non-hydrogen) atoms.